The van der Waals surface area contributed by atoms with Crippen molar-refractivity contribution in [2.45, 2.75) is 123 Å². The van der Waals surface area contributed by atoms with Crippen molar-refractivity contribution in [3.8, 4) is 67.5 Å². The minimum absolute atomic E-state index is 0.0442. The number of aromatic hydroxyl groups is 1. The first-order chi connectivity index (χ1) is 38.1. The number of rotatable bonds is 11. The van der Waals surface area contributed by atoms with Crippen molar-refractivity contribution >= 4 is 11.0 Å². The zero-order valence-electron chi connectivity index (χ0n) is 49.2. The van der Waals surface area contributed by atoms with Crippen LogP contribution in [-0.2, 0) is 28.0 Å². The number of imidazole rings is 1. The maximum absolute atomic E-state index is 12.7. The lowest BCUT2D eigenvalue weighted by atomic mass is 9.71. The second-order valence-electron chi connectivity index (χ2n) is 25.0. The minimum atomic E-state index is -1.51. The third-order valence-electron chi connectivity index (χ3n) is 16.4. The van der Waals surface area contributed by atoms with Crippen LogP contribution in [0.3, 0.4) is 0 Å². The molecule has 8 aromatic carbocycles. The third kappa shape index (κ3) is 10.1. The van der Waals surface area contributed by atoms with Gasteiger partial charge in [-0.3, -0.25) is 9.55 Å². The first-order valence-corrected chi connectivity index (χ1v) is 28.1. The molecule has 0 unspecified atom stereocenters. The zero-order valence-corrected chi connectivity index (χ0v) is 47.2. The zero-order chi connectivity index (χ0) is 56.4. The van der Waals surface area contributed by atoms with Crippen LogP contribution in [0.4, 0.5) is 0 Å². The maximum Gasteiger partial charge on any atom is 0.149 e. The van der Waals surface area contributed by atoms with E-state index in [-0.39, 0.29) is 33.3 Å². The predicted molar refractivity (Wildman–Crippen MR) is 328 cm³/mol. The van der Waals surface area contributed by atoms with Crippen molar-refractivity contribution in [2.75, 3.05) is 0 Å². The molecule has 2 heterocycles. The molecule has 4 heteroatoms. The summed E-state index contributed by atoms with van der Waals surface area (Å²) in [5.74, 6) is 0.779. The standard InChI is InChI=1S/C74H75N3O/c1-71(2,3)59-44-54(43-55(45-59)65-46-53(39-40-75-65)51-34-36-58(37-35-51)74(10,56-27-16-12-17-28-56)57-29-18-13-19-30-57)61-31-22-32-67-68(61)76-70(63-47-60(72(4,5)6)48-64(69(63)78)73(7,8)9)77(67)66-38-33-50(41-49-23-20-21-24-49)42-62(66)52-25-14-11-15-26-52/h11-19,22,25-40,42-49,78H,20-21,23-24,41H2,1-10H3/i41D2. The highest BCUT2D eigenvalue weighted by molar-refractivity contribution is 5.98. The van der Waals surface area contributed by atoms with E-state index in [1.165, 1.54) is 22.3 Å². The SMILES string of the molecule is [2H]C([2H])(c1ccc(-n2c(-c3cc(C(C)(C)C)cc(C(C)(C)C)c3O)nc3c(-c4cc(-c5cc(-c6ccc(C(C)(c7ccccc7)c7ccccc7)cc6)ccn5)cc(C(C)(C)C)c4)cccc32)c(-c2ccccc2)c1)C1CCCC1. The normalized spacial score (nSPS) is 14.2. The molecule has 0 spiro atoms. The summed E-state index contributed by atoms with van der Waals surface area (Å²) >= 11 is 0. The monoisotopic (exact) mass is 1020 g/mol. The van der Waals surface area contributed by atoms with E-state index < -0.39 is 6.37 Å². The van der Waals surface area contributed by atoms with Crippen LogP contribution in [0.15, 0.2) is 200 Å². The second kappa shape index (κ2) is 20.5. The Morgan fingerprint density at radius 3 is 1.72 bits per heavy atom. The summed E-state index contributed by atoms with van der Waals surface area (Å²) in [6, 6.07) is 69.0. The highest BCUT2D eigenvalue weighted by Crippen LogP contribution is 2.47. The number of para-hydroxylation sites is 1. The number of aromatic nitrogens is 3. The Hall–Kier alpha value is -7.82. The van der Waals surface area contributed by atoms with Gasteiger partial charge in [0.05, 0.1) is 28.0 Å². The average Bonchev–Trinajstić information content (AvgIpc) is 3.80. The lowest BCUT2D eigenvalue weighted by Crippen LogP contribution is -2.25. The van der Waals surface area contributed by atoms with E-state index >= 15 is 0 Å². The Bertz CT molecular complexity index is 3830. The van der Waals surface area contributed by atoms with Gasteiger partial charge in [0.1, 0.15) is 11.6 Å². The molecule has 11 rings (SSSR count). The molecule has 0 radical (unpaired) electrons. The minimum Gasteiger partial charge on any atom is -0.507 e. The number of fused-ring (bicyclic) bond motifs is 1. The molecule has 392 valence electrons. The second-order valence-corrected chi connectivity index (χ2v) is 25.0. The van der Waals surface area contributed by atoms with E-state index in [1.54, 1.807) is 0 Å². The molecule has 1 aliphatic rings. The summed E-state index contributed by atoms with van der Waals surface area (Å²) in [4.78, 5) is 10.8. The summed E-state index contributed by atoms with van der Waals surface area (Å²) in [5.41, 5.74) is 17.4. The number of nitrogens with zero attached hydrogens (tertiary/aromatic N) is 3. The largest absolute Gasteiger partial charge is 0.507 e. The van der Waals surface area contributed by atoms with Crippen molar-refractivity contribution < 1.29 is 7.85 Å². The van der Waals surface area contributed by atoms with Gasteiger partial charge in [0, 0.05) is 36.6 Å². The van der Waals surface area contributed by atoms with E-state index in [0.29, 0.717) is 17.0 Å². The van der Waals surface area contributed by atoms with Gasteiger partial charge >= 0.3 is 0 Å². The van der Waals surface area contributed by atoms with Crippen LogP contribution in [-0.4, -0.2) is 19.6 Å². The van der Waals surface area contributed by atoms with Crippen LogP contribution in [0, 0.1) is 5.92 Å². The molecular weight excluding hydrogens is 947 g/mol. The number of phenolic OH excluding ortho intramolecular Hbond substituents is 1. The number of hydrogen-bond donors (Lipinski definition) is 1. The van der Waals surface area contributed by atoms with E-state index in [2.05, 4.69) is 244 Å². The molecular formula is C74H75N3O. The van der Waals surface area contributed by atoms with E-state index in [1.807, 2.05) is 30.5 Å². The van der Waals surface area contributed by atoms with Gasteiger partial charge in [0.15, 0.2) is 0 Å². The van der Waals surface area contributed by atoms with Gasteiger partial charge in [-0.2, -0.15) is 0 Å². The lowest BCUT2D eigenvalue weighted by molar-refractivity contribution is 0.446. The summed E-state index contributed by atoms with van der Waals surface area (Å²) < 4.78 is 21.4. The number of hydrogen-bond acceptors (Lipinski definition) is 3. The molecule has 1 fully saturated rings. The molecule has 78 heavy (non-hydrogen) atoms. The summed E-state index contributed by atoms with van der Waals surface area (Å²) in [5, 5.41) is 12.7. The Morgan fingerprint density at radius 1 is 0.487 bits per heavy atom. The predicted octanol–water partition coefficient (Wildman–Crippen LogP) is 19.4. The molecule has 0 amide bonds. The molecule has 0 bridgehead atoms. The number of pyridine rings is 1. The molecule has 0 saturated heterocycles. The molecule has 1 saturated carbocycles. The van der Waals surface area contributed by atoms with Crippen LogP contribution < -0.4 is 0 Å². The molecule has 10 aromatic rings. The fourth-order valence-electron chi connectivity index (χ4n) is 11.7. The highest BCUT2D eigenvalue weighted by atomic mass is 16.3. The summed E-state index contributed by atoms with van der Waals surface area (Å²) in [6.45, 7) is 22.2. The fourth-order valence-corrected chi connectivity index (χ4v) is 11.7. The van der Waals surface area contributed by atoms with Gasteiger partial charge in [-0.05, 0) is 140 Å². The van der Waals surface area contributed by atoms with Gasteiger partial charge < -0.3 is 5.11 Å². The average molecular weight is 1020 g/mol. The molecule has 4 nitrogen and oxygen atoms in total. The van der Waals surface area contributed by atoms with E-state index in [4.69, 9.17) is 9.97 Å². The van der Waals surface area contributed by atoms with Crippen molar-refractivity contribution in [3.63, 3.8) is 0 Å². The van der Waals surface area contributed by atoms with Crippen molar-refractivity contribution in [1.82, 2.24) is 14.5 Å². The summed E-state index contributed by atoms with van der Waals surface area (Å²) in [7, 11) is 0. The fraction of sp³-hybridized carbons (Fsp3) is 0.270. The van der Waals surface area contributed by atoms with Crippen LogP contribution >= 0.6 is 0 Å². The maximum atomic E-state index is 12.7. The lowest BCUT2D eigenvalue weighted by Gasteiger charge is -2.32. The van der Waals surface area contributed by atoms with Gasteiger partial charge in [0.2, 0.25) is 0 Å². The number of benzene rings is 8. The highest BCUT2D eigenvalue weighted by Gasteiger charge is 2.32. The molecule has 1 aliphatic carbocycles. The smallest absolute Gasteiger partial charge is 0.149 e. The van der Waals surface area contributed by atoms with Crippen LogP contribution in [0.1, 0.15) is 137 Å². The summed E-state index contributed by atoms with van der Waals surface area (Å²) in [6.07, 6.45) is 4.29. The number of phenols is 1. The van der Waals surface area contributed by atoms with Crippen LogP contribution in [0.5, 0.6) is 5.75 Å². The van der Waals surface area contributed by atoms with Crippen LogP contribution in [0.2, 0.25) is 0 Å². The Morgan fingerprint density at radius 2 is 1.09 bits per heavy atom. The van der Waals surface area contributed by atoms with Gasteiger partial charge in [-0.1, -0.05) is 234 Å². The van der Waals surface area contributed by atoms with E-state index in [0.717, 1.165) is 98.2 Å². The van der Waals surface area contributed by atoms with Crippen molar-refractivity contribution in [1.29, 1.82) is 0 Å². The first kappa shape index (κ1) is 49.7. The van der Waals surface area contributed by atoms with Crippen LogP contribution in [0.25, 0.3) is 72.7 Å². The topological polar surface area (TPSA) is 50.9 Å². The third-order valence-corrected chi connectivity index (χ3v) is 16.4. The molecule has 2 aromatic heterocycles. The molecule has 1 N–H and O–H groups in total. The van der Waals surface area contributed by atoms with Crippen molar-refractivity contribution in [3.05, 3.63) is 239 Å². The first-order valence-electron chi connectivity index (χ1n) is 29.1. The Kier molecular flexibility index (Phi) is 13.1. The quantitative estimate of drug-likeness (QED) is 0.131. The van der Waals surface area contributed by atoms with E-state index in [9.17, 15) is 7.85 Å². The Labute approximate surface area is 466 Å². The van der Waals surface area contributed by atoms with Crippen molar-refractivity contribution in [2.24, 2.45) is 5.92 Å². The van der Waals surface area contributed by atoms with Gasteiger partial charge in [-0.15, -0.1) is 0 Å². The van der Waals surface area contributed by atoms with Gasteiger partial charge in [-0.25, -0.2) is 4.98 Å². The Balaban J connectivity index is 1.10. The molecule has 0 aliphatic heterocycles. The molecule has 0 atom stereocenters. The van der Waals surface area contributed by atoms with Gasteiger partial charge in [0.25, 0.3) is 0 Å².